The van der Waals surface area contributed by atoms with Gasteiger partial charge < -0.3 is 0 Å². The van der Waals surface area contributed by atoms with E-state index in [2.05, 4.69) is 0 Å². The highest BCUT2D eigenvalue weighted by atomic mass is 32.2. The Morgan fingerprint density at radius 3 is 2.30 bits per heavy atom. The van der Waals surface area contributed by atoms with Crippen molar-refractivity contribution in [1.82, 2.24) is 3.97 Å². The van der Waals surface area contributed by atoms with Gasteiger partial charge in [0, 0.05) is 17.3 Å². The molecule has 0 radical (unpaired) electrons. The summed E-state index contributed by atoms with van der Waals surface area (Å²) < 4.78 is 27.7. The molecule has 134 valence electrons. The van der Waals surface area contributed by atoms with Crippen LogP contribution in [-0.4, -0.2) is 18.7 Å². The molecule has 3 aromatic carbocycles. The fourth-order valence-electron chi connectivity index (χ4n) is 3.25. The Morgan fingerprint density at radius 2 is 1.56 bits per heavy atom. The Bertz CT molecular complexity index is 1250. The zero-order valence-electron chi connectivity index (χ0n) is 14.7. The molecule has 4 nitrogen and oxygen atoms in total. The van der Waals surface area contributed by atoms with E-state index in [1.165, 1.54) is 16.2 Å². The molecule has 0 amide bonds. The summed E-state index contributed by atoms with van der Waals surface area (Å²) in [4.78, 5) is 11.8. The van der Waals surface area contributed by atoms with Crippen LogP contribution in [0.2, 0.25) is 0 Å². The Hall–Kier alpha value is -3.18. The SMILES string of the molecule is Cc1ccc(S(=O)(=O)n2ccc(C=O)c2-c2cccc3ccccc23)cc1. The molecule has 0 spiro atoms. The molecule has 0 aliphatic carbocycles. The second-order valence-corrected chi connectivity index (χ2v) is 8.19. The van der Waals surface area contributed by atoms with Gasteiger partial charge in [-0.3, -0.25) is 4.79 Å². The smallest absolute Gasteiger partial charge is 0.268 e. The maximum Gasteiger partial charge on any atom is 0.268 e. The Labute approximate surface area is 157 Å². The number of benzene rings is 3. The zero-order chi connectivity index (χ0) is 19.0. The first kappa shape index (κ1) is 17.2. The normalized spacial score (nSPS) is 11.6. The lowest BCUT2D eigenvalue weighted by atomic mass is 10.0. The fourth-order valence-corrected chi connectivity index (χ4v) is 4.63. The van der Waals surface area contributed by atoms with Gasteiger partial charge in [0.05, 0.1) is 10.6 Å². The molecule has 0 aliphatic heterocycles. The lowest BCUT2D eigenvalue weighted by Gasteiger charge is -2.13. The lowest BCUT2D eigenvalue weighted by Crippen LogP contribution is -2.13. The number of hydrogen-bond acceptors (Lipinski definition) is 3. The minimum atomic E-state index is -3.83. The first-order valence-electron chi connectivity index (χ1n) is 8.49. The quantitative estimate of drug-likeness (QED) is 0.487. The van der Waals surface area contributed by atoms with E-state index in [1.54, 1.807) is 24.3 Å². The van der Waals surface area contributed by atoms with E-state index in [-0.39, 0.29) is 4.90 Å². The Kier molecular flexibility index (Phi) is 4.16. The molecule has 0 atom stereocenters. The van der Waals surface area contributed by atoms with E-state index in [9.17, 15) is 13.2 Å². The van der Waals surface area contributed by atoms with Gasteiger partial charge in [-0.25, -0.2) is 12.4 Å². The van der Waals surface area contributed by atoms with E-state index >= 15 is 0 Å². The predicted octanol–water partition coefficient (Wildman–Crippen LogP) is 4.67. The molecular weight excluding hydrogens is 358 g/mol. The van der Waals surface area contributed by atoms with Crippen molar-refractivity contribution in [1.29, 1.82) is 0 Å². The highest BCUT2D eigenvalue weighted by Gasteiger charge is 2.23. The molecule has 27 heavy (non-hydrogen) atoms. The Morgan fingerprint density at radius 1 is 0.852 bits per heavy atom. The summed E-state index contributed by atoms with van der Waals surface area (Å²) in [6, 6.07) is 21.6. The van der Waals surface area contributed by atoms with Crippen molar-refractivity contribution in [2.24, 2.45) is 0 Å². The van der Waals surface area contributed by atoms with Crippen LogP contribution in [0.1, 0.15) is 15.9 Å². The van der Waals surface area contributed by atoms with Gasteiger partial charge in [-0.1, -0.05) is 60.2 Å². The Balaban J connectivity index is 2.01. The van der Waals surface area contributed by atoms with Crippen LogP contribution in [0.4, 0.5) is 0 Å². The third-order valence-electron chi connectivity index (χ3n) is 4.63. The molecule has 0 aliphatic rings. The summed E-state index contributed by atoms with van der Waals surface area (Å²) in [6.45, 7) is 1.90. The lowest BCUT2D eigenvalue weighted by molar-refractivity contribution is 0.112. The molecule has 1 heterocycles. The number of nitrogens with zero attached hydrogens (tertiary/aromatic N) is 1. The minimum absolute atomic E-state index is 0.183. The number of aryl methyl sites for hydroxylation is 1. The summed E-state index contributed by atoms with van der Waals surface area (Å²) in [5.74, 6) is 0. The van der Waals surface area contributed by atoms with Crippen molar-refractivity contribution >= 4 is 27.1 Å². The molecule has 0 unspecified atom stereocenters. The first-order valence-corrected chi connectivity index (χ1v) is 9.93. The number of carbonyl (C=O) groups excluding carboxylic acids is 1. The van der Waals surface area contributed by atoms with Crippen LogP contribution >= 0.6 is 0 Å². The van der Waals surface area contributed by atoms with Gasteiger partial charge in [-0.05, 0) is 35.9 Å². The van der Waals surface area contributed by atoms with Gasteiger partial charge in [-0.15, -0.1) is 0 Å². The molecule has 0 fully saturated rings. The second-order valence-electron chi connectivity index (χ2n) is 6.38. The maximum absolute atomic E-state index is 13.3. The van der Waals surface area contributed by atoms with Crippen molar-refractivity contribution in [2.45, 2.75) is 11.8 Å². The van der Waals surface area contributed by atoms with E-state index in [0.717, 1.165) is 16.3 Å². The fraction of sp³-hybridized carbons (Fsp3) is 0.0455. The molecule has 0 saturated carbocycles. The largest absolute Gasteiger partial charge is 0.298 e. The second kappa shape index (κ2) is 6.52. The first-order chi connectivity index (χ1) is 13.0. The molecule has 5 heteroatoms. The van der Waals surface area contributed by atoms with Crippen molar-refractivity contribution < 1.29 is 13.2 Å². The van der Waals surface area contributed by atoms with Gasteiger partial charge >= 0.3 is 0 Å². The number of hydrogen-bond donors (Lipinski definition) is 0. The van der Waals surface area contributed by atoms with Crippen molar-refractivity contribution in [3.63, 3.8) is 0 Å². The van der Waals surface area contributed by atoms with Crippen molar-refractivity contribution in [2.75, 3.05) is 0 Å². The van der Waals surface area contributed by atoms with Crippen LogP contribution in [0, 0.1) is 6.92 Å². The van der Waals surface area contributed by atoms with Gasteiger partial charge in [0.15, 0.2) is 6.29 Å². The van der Waals surface area contributed by atoms with E-state index in [1.807, 2.05) is 49.4 Å². The molecule has 4 rings (SSSR count). The standard InChI is InChI=1S/C22H17NO3S/c1-16-9-11-19(12-10-16)27(25,26)23-14-13-18(15-24)22(23)21-8-4-6-17-5-2-3-7-20(17)21/h2-15H,1H3. The summed E-state index contributed by atoms with van der Waals surface area (Å²) in [6.07, 6.45) is 2.13. The monoisotopic (exact) mass is 375 g/mol. The molecular formula is C22H17NO3S. The van der Waals surface area contributed by atoms with Crippen LogP contribution < -0.4 is 0 Å². The molecule has 4 aromatic rings. The van der Waals surface area contributed by atoms with Gasteiger partial charge in [0.1, 0.15) is 0 Å². The predicted molar refractivity (Wildman–Crippen MR) is 107 cm³/mol. The van der Waals surface area contributed by atoms with Crippen LogP contribution in [0.3, 0.4) is 0 Å². The van der Waals surface area contributed by atoms with Crippen LogP contribution in [0.15, 0.2) is 83.9 Å². The average molecular weight is 375 g/mol. The number of aromatic nitrogens is 1. The highest BCUT2D eigenvalue weighted by molar-refractivity contribution is 7.90. The number of carbonyl (C=O) groups is 1. The van der Waals surface area contributed by atoms with Gasteiger partial charge in [0.25, 0.3) is 10.0 Å². The van der Waals surface area contributed by atoms with Crippen molar-refractivity contribution in [3.8, 4) is 11.3 Å². The molecule has 1 aromatic heterocycles. The summed E-state index contributed by atoms with van der Waals surface area (Å²) in [5, 5.41) is 1.87. The topological polar surface area (TPSA) is 56.1 Å². The molecule has 0 saturated heterocycles. The van der Waals surface area contributed by atoms with E-state index in [4.69, 9.17) is 0 Å². The number of fused-ring (bicyclic) bond motifs is 1. The van der Waals surface area contributed by atoms with Crippen LogP contribution in [0.25, 0.3) is 22.0 Å². The molecule has 0 N–H and O–H groups in total. The zero-order valence-corrected chi connectivity index (χ0v) is 15.5. The van der Waals surface area contributed by atoms with Gasteiger partial charge in [-0.2, -0.15) is 0 Å². The van der Waals surface area contributed by atoms with E-state index in [0.29, 0.717) is 23.1 Å². The third kappa shape index (κ3) is 2.86. The third-order valence-corrected chi connectivity index (χ3v) is 6.32. The highest BCUT2D eigenvalue weighted by Crippen LogP contribution is 2.33. The van der Waals surface area contributed by atoms with Crippen molar-refractivity contribution in [3.05, 3.63) is 90.1 Å². The van der Waals surface area contributed by atoms with E-state index < -0.39 is 10.0 Å². The molecule has 0 bridgehead atoms. The summed E-state index contributed by atoms with van der Waals surface area (Å²) in [5.41, 5.74) is 2.39. The number of aldehydes is 1. The number of rotatable bonds is 4. The van der Waals surface area contributed by atoms with Crippen LogP contribution in [-0.2, 0) is 10.0 Å². The minimum Gasteiger partial charge on any atom is -0.298 e. The van der Waals surface area contributed by atoms with Gasteiger partial charge in [0.2, 0.25) is 0 Å². The summed E-state index contributed by atoms with van der Waals surface area (Å²) in [7, 11) is -3.83. The summed E-state index contributed by atoms with van der Waals surface area (Å²) >= 11 is 0. The average Bonchev–Trinajstić information content (AvgIpc) is 3.12. The van der Waals surface area contributed by atoms with Crippen LogP contribution in [0.5, 0.6) is 0 Å². The maximum atomic E-state index is 13.3.